The Kier molecular flexibility index (Phi) is 9.87. The molecule has 0 aliphatic heterocycles. The average Bonchev–Trinajstić information content (AvgIpc) is 1.82. The van der Waals surface area contributed by atoms with E-state index in [0.29, 0.717) is 6.42 Å². The summed E-state index contributed by atoms with van der Waals surface area (Å²) in [7, 11) is 0. The van der Waals surface area contributed by atoms with Gasteiger partial charge in [-0.15, -0.1) is 0 Å². The van der Waals surface area contributed by atoms with Gasteiger partial charge in [-0.3, -0.25) is 10.2 Å². The van der Waals surface area contributed by atoms with Crippen LogP contribution in [0.25, 0.3) is 0 Å². The molecule has 66 valence electrons. The van der Waals surface area contributed by atoms with Crippen molar-refractivity contribution in [1.29, 1.82) is 5.41 Å². The summed E-state index contributed by atoms with van der Waals surface area (Å²) >= 11 is 0. The molecule has 0 spiro atoms. The van der Waals surface area contributed by atoms with Crippen molar-refractivity contribution >= 4 is 11.9 Å². The quantitative estimate of drug-likeness (QED) is 0.347. The molecule has 0 rings (SSSR count). The minimum Gasteiger partial charge on any atom is -0.481 e. The maximum atomic E-state index is 9.76. The predicted molar refractivity (Wildman–Crippen MR) is 43.3 cm³/mol. The van der Waals surface area contributed by atoms with Crippen LogP contribution in [0.2, 0.25) is 0 Å². The lowest BCUT2D eigenvalue weighted by Gasteiger charge is -1.85. The fourth-order valence-electron chi connectivity index (χ4n) is 0.328. The minimum absolute atomic E-state index is 0.316. The molecule has 0 unspecified atom stereocenters. The van der Waals surface area contributed by atoms with Gasteiger partial charge in [-0.1, -0.05) is 13.3 Å². The Balaban J connectivity index is 0. The Morgan fingerprint density at radius 3 is 2.00 bits per heavy atom. The zero-order chi connectivity index (χ0) is 9.28. The second-order valence-electron chi connectivity index (χ2n) is 1.95. The van der Waals surface area contributed by atoms with E-state index in [4.69, 9.17) is 10.5 Å². The van der Waals surface area contributed by atoms with Crippen molar-refractivity contribution in [2.24, 2.45) is 11.5 Å². The molecule has 0 aliphatic rings. The molecule has 0 atom stereocenters. The van der Waals surface area contributed by atoms with Crippen LogP contribution in [0.15, 0.2) is 0 Å². The molecule has 0 aromatic rings. The highest BCUT2D eigenvalue weighted by atomic mass is 16.4. The lowest BCUT2D eigenvalue weighted by Crippen LogP contribution is -2.20. The minimum atomic E-state index is -0.693. The summed E-state index contributed by atoms with van der Waals surface area (Å²) in [6, 6.07) is 0. The second-order valence-corrected chi connectivity index (χ2v) is 1.95. The number of nitrogens with two attached hydrogens (primary N) is 2. The Labute approximate surface area is 65.9 Å². The first-order valence-electron chi connectivity index (χ1n) is 3.32. The normalized spacial score (nSPS) is 7.73. The fraction of sp³-hybridized carbons (Fsp3) is 0.667. The van der Waals surface area contributed by atoms with Crippen molar-refractivity contribution in [2.75, 3.05) is 0 Å². The van der Waals surface area contributed by atoms with E-state index < -0.39 is 5.97 Å². The van der Waals surface area contributed by atoms with E-state index in [9.17, 15) is 4.79 Å². The summed E-state index contributed by atoms with van der Waals surface area (Å²) in [5, 5.41) is 14.1. The van der Waals surface area contributed by atoms with Crippen LogP contribution >= 0.6 is 0 Å². The molecule has 0 saturated carbocycles. The molecule has 0 fully saturated rings. The van der Waals surface area contributed by atoms with Gasteiger partial charge in [-0.2, -0.15) is 0 Å². The molecule has 0 heterocycles. The van der Waals surface area contributed by atoms with Crippen LogP contribution in [0.4, 0.5) is 0 Å². The first-order valence-corrected chi connectivity index (χ1v) is 3.32. The van der Waals surface area contributed by atoms with Gasteiger partial charge >= 0.3 is 5.97 Å². The van der Waals surface area contributed by atoms with Crippen LogP contribution in [0.5, 0.6) is 0 Å². The van der Waals surface area contributed by atoms with Gasteiger partial charge in [0.25, 0.3) is 0 Å². The van der Waals surface area contributed by atoms with Gasteiger partial charge in [0.1, 0.15) is 0 Å². The third-order valence-electron chi connectivity index (χ3n) is 0.744. The van der Waals surface area contributed by atoms with Crippen LogP contribution in [-0.4, -0.2) is 17.0 Å². The zero-order valence-electron chi connectivity index (χ0n) is 6.63. The third kappa shape index (κ3) is 52.9. The zero-order valence-corrected chi connectivity index (χ0v) is 6.63. The Morgan fingerprint density at radius 2 is 1.91 bits per heavy atom. The van der Waals surface area contributed by atoms with E-state index in [1.807, 2.05) is 6.92 Å². The van der Waals surface area contributed by atoms with Crippen LogP contribution in [-0.2, 0) is 4.79 Å². The molecule has 0 aromatic carbocycles. The molecular weight excluding hydrogens is 146 g/mol. The molecule has 0 aliphatic carbocycles. The van der Waals surface area contributed by atoms with Crippen molar-refractivity contribution in [3.05, 3.63) is 0 Å². The smallest absolute Gasteiger partial charge is 0.303 e. The first-order chi connectivity index (χ1) is 5.00. The average molecular weight is 161 g/mol. The standard InChI is InChI=1S/C5H10O2.CH5N3/c1-2-3-4-5(6)7;2-1(3)4/h2-4H2,1H3,(H,6,7);(H5,2,3,4). The SMILES string of the molecule is CCCCC(=O)O.N=C(N)N. The van der Waals surface area contributed by atoms with Crippen molar-refractivity contribution in [3.8, 4) is 0 Å². The highest BCUT2D eigenvalue weighted by Gasteiger charge is 1.90. The van der Waals surface area contributed by atoms with Gasteiger partial charge in [-0.25, -0.2) is 0 Å². The molecule has 6 N–H and O–H groups in total. The van der Waals surface area contributed by atoms with Crippen LogP contribution in [0.3, 0.4) is 0 Å². The molecule has 11 heavy (non-hydrogen) atoms. The maximum Gasteiger partial charge on any atom is 0.303 e. The summed E-state index contributed by atoms with van der Waals surface area (Å²) in [6.45, 7) is 1.98. The van der Waals surface area contributed by atoms with E-state index >= 15 is 0 Å². The number of hydrogen-bond donors (Lipinski definition) is 4. The van der Waals surface area contributed by atoms with E-state index in [0.717, 1.165) is 12.8 Å². The van der Waals surface area contributed by atoms with Gasteiger partial charge in [0.05, 0.1) is 0 Å². The van der Waals surface area contributed by atoms with Crippen molar-refractivity contribution in [3.63, 3.8) is 0 Å². The highest BCUT2D eigenvalue weighted by molar-refractivity contribution is 5.71. The van der Waals surface area contributed by atoms with Crippen molar-refractivity contribution in [2.45, 2.75) is 26.2 Å². The molecule has 0 saturated heterocycles. The van der Waals surface area contributed by atoms with E-state index in [-0.39, 0.29) is 5.96 Å². The molecule has 5 nitrogen and oxygen atoms in total. The summed E-state index contributed by atoms with van der Waals surface area (Å²) in [6.07, 6.45) is 2.08. The largest absolute Gasteiger partial charge is 0.481 e. The topological polar surface area (TPSA) is 113 Å². The molecule has 0 bridgehead atoms. The molecule has 0 amide bonds. The molecule has 0 aromatic heterocycles. The number of carboxylic acid groups (broad SMARTS) is 1. The number of unbranched alkanes of at least 4 members (excludes halogenated alkanes) is 1. The second kappa shape index (κ2) is 8.74. The third-order valence-corrected chi connectivity index (χ3v) is 0.744. The van der Waals surface area contributed by atoms with Gasteiger partial charge in [-0.05, 0) is 6.42 Å². The van der Waals surface area contributed by atoms with Gasteiger partial charge < -0.3 is 16.6 Å². The number of rotatable bonds is 3. The summed E-state index contributed by atoms with van der Waals surface area (Å²) < 4.78 is 0. The Bertz CT molecular complexity index is 121. The van der Waals surface area contributed by atoms with E-state index in [2.05, 4.69) is 11.5 Å². The number of carbonyl (C=O) groups is 1. The van der Waals surface area contributed by atoms with E-state index in [1.54, 1.807) is 0 Å². The Hall–Kier alpha value is -1.26. The molecule has 5 heteroatoms. The number of carboxylic acids is 1. The van der Waals surface area contributed by atoms with Gasteiger partial charge in [0.15, 0.2) is 5.96 Å². The highest BCUT2D eigenvalue weighted by Crippen LogP contribution is 1.91. The van der Waals surface area contributed by atoms with Crippen LogP contribution in [0.1, 0.15) is 26.2 Å². The predicted octanol–water partition coefficient (Wildman–Crippen LogP) is 0.0998. The van der Waals surface area contributed by atoms with E-state index in [1.165, 1.54) is 0 Å². The first kappa shape index (κ1) is 12.4. The summed E-state index contributed by atoms with van der Waals surface area (Å²) in [5.41, 5.74) is 8.94. The monoisotopic (exact) mass is 161 g/mol. The number of aliphatic carboxylic acids is 1. The fourth-order valence-corrected chi connectivity index (χ4v) is 0.328. The lowest BCUT2D eigenvalue weighted by atomic mass is 10.3. The molecule has 0 radical (unpaired) electrons. The van der Waals surface area contributed by atoms with Crippen molar-refractivity contribution < 1.29 is 9.90 Å². The van der Waals surface area contributed by atoms with Crippen LogP contribution in [0, 0.1) is 5.41 Å². The van der Waals surface area contributed by atoms with Crippen molar-refractivity contribution in [1.82, 2.24) is 0 Å². The lowest BCUT2D eigenvalue weighted by molar-refractivity contribution is -0.137. The summed E-state index contributed by atoms with van der Waals surface area (Å²) in [5.74, 6) is -1.03. The number of hydrogen-bond acceptors (Lipinski definition) is 2. The maximum absolute atomic E-state index is 9.76. The number of guanidine groups is 1. The summed E-state index contributed by atoms with van der Waals surface area (Å²) in [4.78, 5) is 9.76. The van der Waals surface area contributed by atoms with Gasteiger partial charge in [0.2, 0.25) is 0 Å². The van der Waals surface area contributed by atoms with Crippen LogP contribution < -0.4 is 11.5 Å². The Morgan fingerprint density at radius 1 is 1.55 bits per heavy atom. The number of nitrogens with one attached hydrogen (secondary N) is 1. The van der Waals surface area contributed by atoms with Gasteiger partial charge in [0, 0.05) is 6.42 Å². The molecular formula is C6H15N3O2.